The number of hydrogen-bond acceptors (Lipinski definition) is 4. The number of halogens is 1. The van der Waals surface area contributed by atoms with Gasteiger partial charge in [-0.05, 0) is 41.8 Å². The fourth-order valence-electron chi connectivity index (χ4n) is 2.36. The fraction of sp³-hybridized carbons (Fsp3) is 0.500. The molecular formula is C14H20FN5. The highest BCUT2D eigenvalue weighted by Gasteiger charge is 2.21. The molecule has 0 radical (unpaired) electrons. The largest absolute Gasteiger partial charge is 0.398 e. The van der Waals surface area contributed by atoms with Gasteiger partial charge in [0.2, 0.25) is 0 Å². The Balaban J connectivity index is 2.52. The summed E-state index contributed by atoms with van der Waals surface area (Å²) in [5.74, 6) is 0.596. The van der Waals surface area contributed by atoms with Crippen molar-refractivity contribution in [3.05, 3.63) is 23.5 Å². The van der Waals surface area contributed by atoms with E-state index in [1.807, 2.05) is 0 Å². The number of aromatic nitrogens is 4. The normalized spacial score (nSPS) is 12.9. The molecule has 1 unspecified atom stereocenters. The van der Waals surface area contributed by atoms with E-state index in [-0.39, 0.29) is 11.9 Å². The number of tetrazole rings is 1. The molecular weight excluding hydrogens is 257 g/mol. The third-order valence-corrected chi connectivity index (χ3v) is 3.64. The quantitative estimate of drug-likeness (QED) is 0.872. The summed E-state index contributed by atoms with van der Waals surface area (Å²) in [4.78, 5) is 0. The predicted molar refractivity (Wildman–Crippen MR) is 76.5 cm³/mol. The average molecular weight is 277 g/mol. The number of nitrogen functional groups attached to an aromatic ring is 1. The van der Waals surface area contributed by atoms with E-state index in [9.17, 15) is 4.39 Å². The second-order valence-electron chi connectivity index (χ2n) is 5.34. The molecule has 2 rings (SSSR count). The first-order chi connectivity index (χ1) is 9.45. The molecule has 0 aliphatic heterocycles. The summed E-state index contributed by atoms with van der Waals surface area (Å²) in [5.41, 5.74) is 7.29. The van der Waals surface area contributed by atoms with Gasteiger partial charge in [0.1, 0.15) is 5.82 Å². The smallest absolute Gasteiger partial charge is 0.182 e. The molecule has 1 heterocycles. The third kappa shape index (κ3) is 2.50. The van der Waals surface area contributed by atoms with Crippen LogP contribution in [-0.4, -0.2) is 20.2 Å². The zero-order chi connectivity index (χ0) is 14.9. The molecule has 0 spiro atoms. The number of rotatable bonds is 4. The highest BCUT2D eigenvalue weighted by molar-refractivity contribution is 5.64. The van der Waals surface area contributed by atoms with Gasteiger partial charge in [-0.2, -0.15) is 0 Å². The molecule has 5 nitrogen and oxygen atoms in total. The predicted octanol–water partition coefficient (Wildman–Crippen LogP) is 2.98. The molecule has 0 aliphatic rings. The van der Waals surface area contributed by atoms with Crippen molar-refractivity contribution >= 4 is 5.69 Å². The molecule has 20 heavy (non-hydrogen) atoms. The summed E-state index contributed by atoms with van der Waals surface area (Å²) in [5, 5.41) is 11.8. The van der Waals surface area contributed by atoms with Gasteiger partial charge in [-0.25, -0.2) is 9.07 Å². The van der Waals surface area contributed by atoms with Gasteiger partial charge in [0, 0.05) is 16.8 Å². The van der Waals surface area contributed by atoms with Crippen LogP contribution in [0.15, 0.2) is 12.1 Å². The Morgan fingerprint density at radius 2 is 2.05 bits per heavy atom. The Morgan fingerprint density at radius 3 is 2.60 bits per heavy atom. The van der Waals surface area contributed by atoms with Crippen LogP contribution in [0.5, 0.6) is 0 Å². The lowest BCUT2D eigenvalue weighted by molar-refractivity contribution is 0.333. The summed E-state index contributed by atoms with van der Waals surface area (Å²) in [6.45, 7) is 7.97. The molecule has 0 aliphatic carbocycles. The maximum absolute atomic E-state index is 13.8. The Bertz CT molecular complexity index is 582. The summed E-state index contributed by atoms with van der Waals surface area (Å²) in [7, 11) is 0. The van der Waals surface area contributed by atoms with Gasteiger partial charge in [-0.3, -0.25) is 0 Å². The van der Waals surface area contributed by atoms with Crippen molar-refractivity contribution in [2.75, 3.05) is 5.73 Å². The molecule has 1 atom stereocenters. The zero-order valence-electron chi connectivity index (χ0n) is 12.3. The minimum Gasteiger partial charge on any atom is -0.398 e. The van der Waals surface area contributed by atoms with Crippen molar-refractivity contribution in [3.8, 4) is 11.4 Å². The Hall–Kier alpha value is -1.98. The van der Waals surface area contributed by atoms with Crippen LogP contribution < -0.4 is 5.73 Å². The molecule has 0 fully saturated rings. The monoisotopic (exact) mass is 277 g/mol. The Morgan fingerprint density at radius 1 is 1.35 bits per heavy atom. The fourth-order valence-corrected chi connectivity index (χ4v) is 2.36. The van der Waals surface area contributed by atoms with Crippen molar-refractivity contribution in [1.29, 1.82) is 0 Å². The van der Waals surface area contributed by atoms with Crippen molar-refractivity contribution in [2.45, 2.75) is 40.2 Å². The van der Waals surface area contributed by atoms with Crippen LogP contribution in [0.25, 0.3) is 11.4 Å². The maximum Gasteiger partial charge on any atom is 0.182 e. The van der Waals surface area contributed by atoms with Crippen LogP contribution in [0.1, 0.15) is 38.8 Å². The van der Waals surface area contributed by atoms with Gasteiger partial charge >= 0.3 is 0 Å². The average Bonchev–Trinajstić information content (AvgIpc) is 2.85. The molecule has 0 saturated heterocycles. The lowest BCUT2D eigenvalue weighted by atomic mass is 10.0. The molecule has 6 heteroatoms. The highest BCUT2D eigenvalue weighted by atomic mass is 19.1. The number of nitrogens with zero attached hydrogens (tertiary/aromatic N) is 4. The maximum atomic E-state index is 13.8. The van der Waals surface area contributed by atoms with Gasteiger partial charge in [-0.15, -0.1) is 5.10 Å². The number of hydrogen-bond donors (Lipinski definition) is 1. The van der Waals surface area contributed by atoms with Gasteiger partial charge in [-0.1, -0.05) is 20.8 Å². The van der Waals surface area contributed by atoms with Gasteiger partial charge < -0.3 is 5.73 Å². The van der Waals surface area contributed by atoms with Crippen molar-refractivity contribution in [2.24, 2.45) is 5.92 Å². The second kappa shape index (κ2) is 5.56. The van der Waals surface area contributed by atoms with E-state index in [4.69, 9.17) is 5.73 Å². The molecule has 0 saturated carbocycles. The third-order valence-electron chi connectivity index (χ3n) is 3.64. The highest BCUT2D eigenvalue weighted by Crippen LogP contribution is 2.28. The van der Waals surface area contributed by atoms with Crippen LogP contribution in [-0.2, 0) is 0 Å². The molecule has 108 valence electrons. The second-order valence-corrected chi connectivity index (χ2v) is 5.34. The SMILES string of the molecule is CCC(C(C)C)n1nnnc1-c1cc(N)c(C)c(F)c1. The van der Waals surface area contributed by atoms with Gasteiger partial charge in [0.05, 0.1) is 6.04 Å². The van der Waals surface area contributed by atoms with E-state index < -0.39 is 0 Å². The first kappa shape index (κ1) is 14.4. The first-order valence-electron chi connectivity index (χ1n) is 6.79. The Labute approximate surface area is 118 Å². The van der Waals surface area contributed by atoms with E-state index in [2.05, 4.69) is 36.3 Å². The minimum absolute atomic E-state index is 0.172. The van der Waals surface area contributed by atoms with Crippen molar-refractivity contribution < 1.29 is 4.39 Å². The molecule has 2 aromatic rings. The molecule has 2 N–H and O–H groups in total. The van der Waals surface area contributed by atoms with Gasteiger partial charge in [0.15, 0.2) is 5.82 Å². The van der Waals surface area contributed by atoms with Crippen LogP contribution in [0.2, 0.25) is 0 Å². The van der Waals surface area contributed by atoms with E-state index >= 15 is 0 Å². The van der Waals surface area contributed by atoms with E-state index in [1.165, 1.54) is 6.07 Å². The molecule has 0 bridgehead atoms. The number of nitrogens with two attached hydrogens (primary N) is 1. The zero-order valence-corrected chi connectivity index (χ0v) is 12.3. The van der Waals surface area contributed by atoms with Crippen molar-refractivity contribution in [1.82, 2.24) is 20.2 Å². The minimum atomic E-state index is -0.341. The number of anilines is 1. The summed E-state index contributed by atoms with van der Waals surface area (Å²) >= 11 is 0. The van der Waals surface area contributed by atoms with E-state index in [0.717, 1.165) is 6.42 Å². The number of benzene rings is 1. The summed E-state index contributed by atoms with van der Waals surface area (Å²) in [6, 6.07) is 3.32. The standard InChI is InChI=1S/C14H20FN5/c1-5-13(8(2)3)20-14(17-18-19-20)10-6-11(15)9(4)12(16)7-10/h6-8,13H,5,16H2,1-4H3. The van der Waals surface area contributed by atoms with E-state index in [0.29, 0.717) is 28.6 Å². The topological polar surface area (TPSA) is 69.6 Å². The summed E-state index contributed by atoms with van der Waals surface area (Å²) in [6.07, 6.45) is 0.902. The lowest BCUT2D eigenvalue weighted by Gasteiger charge is -2.20. The van der Waals surface area contributed by atoms with Crippen molar-refractivity contribution in [3.63, 3.8) is 0 Å². The lowest BCUT2D eigenvalue weighted by Crippen LogP contribution is -2.17. The van der Waals surface area contributed by atoms with Crippen LogP contribution >= 0.6 is 0 Å². The molecule has 1 aromatic heterocycles. The van der Waals surface area contributed by atoms with E-state index in [1.54, 1.807) is 17.7 Å². The van der Waals surface area contributed by atoms with Crippen LogP contribution in [0.3, 0.4) is 0 Å². The van der Waals surface area contributed by atoms with Crippen LogP contribution in [0.4, 0.5) is 10.1 Å². The van der Waals surface area contributed by atoms with Gasteiger partial charge in [0.25, 0.3) is 0 Å². The molecule has 0 amide bonds. The first-order valence-corrected chi connectivity index (χ1v) is 6.79. The molecule has 1 aromatic carbocycles. The van der Waals surface area contributed by atoms with Crippen LogP contribution in [0, 0.1) is 18.7 Å². The Kier molecular flexibility index (Phi) is 4.01. The summed E-state index contributed by atoms with van der Waals surface area (Å²) < 4.78 is 15.6.